The largest absolute Gasteiger partial charge is 0.355 e. The fraction of sp³-hybridized carbons (Fsp3) is 0.550. The predicted octanol–water partition coefficient (Wildman–Crippen LogP) is 2.93. The van der Waals surface area contributed by atoms with Gasteiger partial charge in [0.15, 0.2) is 5.82 Å². The standard InChI is InChI=1S/C20H27N5/c1-2-13-25(12-1)20-6-5-19(22-23-20)14-18-4-3-11-24(16-18)15-17-7-9-21-10-8-17/h5-10,18H,1-4,11-16H2. The van der Waals surface area contributed by atoms with Gasteiger partial charge in [0.1, 0.15) is 0 Å². The van der Waals surface area contributed by atoms with Crippen LogP contribution >= 0.6 is 0 Å². The minimum Gasteiger partial charge on any atom is -0.355 e. The third kappa shape index (κ3) is 4.34. The molecule has 4 rings (SSSR count). The number of hydrogen-bond acceptors (Lipinski definition) is 5. The number of aromatic nitrogens is 3. The van der Waals surface area contributed by atoms with E-state index < -0.39 is 0 Å². The summed E-state index contributed by atoms with van der Waals surface area (Å²) in [4.78, 5) is 9.01. The summed E-state index contributed by atoms with van der Waals surface area (Å²) >= 11 is 0. The first-order valence-electron chi connectivity index (χ1n) is 9.55. The molecule has 2 aliphatic heterocycles. The van der Waals surface area contributed by atoms with Gasteiger partial charge in [0, 0.05) is 38.6 Å². The summed E-state index contributed by atoms with van der Waals surface area (Å²) in [6.07, 6.45) is 9.93. The second-order valence-corrected chi connectivity index (χ2v) is 7.38. The molecule has 0 amide bonds. The van der Waals surface area contributed by atoms with Crippen LogP contribution in [0.5, 0.6) is 0 Å². The van der Waals surface area contributed by atoms with Crippen molar-refractivity contribution in [3.8, 4) is 0 Å². The van der Waals surface area contributed by atoms with Gasteiger partial charge in [0.2, 0.25) is 0 Å². The van der Waals surface area contributed by atoms with Crippen LogP contribution in [0.2, 0.25) is 0 Å². The number of likely N-dealkylation sites (tertiary alicyclic amines) is 1. The minimum absolute atomic E-state index is 0.683. The van der Waals surface area contributed by atoms with E-state index in [-0.39, 0.29) is 0 Å². The maximum absolute atomic E-state index is 4.51. The van der Waals surface area contributed by atoms with Crippen molar-refractivity contribution in [1.29, 1.82) is 0 Å². The lowest BCUT2D eigenvalue weighted by Crippen LogP contribution is -2.35. The smallest absolute Gasteiger partial charge is 0.151 e. The van der Waals surface area contributed by atoms with Gasteiger partial charge in [0.05, 0.1) is 5.69 Å². The summed E-state index contributed by atoms with van der Waals surface area (Å²) in [5, 5.41) is 8.98. The molecule has 1 unspecified atom stereocenters. The van der Waals surface area contributed by atoms with E-state index in [1.165, 1.54) is 37.8 Å². The van der Waals surface area contributed by atoms with Crippen LogP contribution < -0.4 is 4.90 Å². The van der Waals surface area contributed by atoms with Gasteiger partial charge in [0.25, 0.3) is 0 Å². The molecule has 0 N–H and O–H groups in total. The van der Waals surface area contributed by atoms with Crippen molar-refractivity contribution in [3.05, 3.63) is 47.9 Å². The third-order valence-electron chi connectivity index (χ3n) is 5.39. The van der Waals surface area contributed by atoms with Crippen LogP contribution in [0, 0.1) is 5.92 Å². The molecule has 2 saturated heterocycles. The molecule has 2 aliphatic rings. The van der Waals surface area contributed by atoms with Gasteiger partial charge in [-0.1, -0.05) is 0 Å². The number of anilines is 1. The number of hydrogen-bond donors (Lipinski definition) is 0. The highest BCUT2D eigenvalue weighted by molar-refractivity contribution is 5.38. The van der Waals surface area contributed by atoms with Crippen molar-refractivity contribution < 1.29 is 0 Å². The fourth-order valence-electron chi connectivity index (χ4n) is 4.08. The summed E-state index contributed by atoms with van der Waals surface area (Å²) in [7, 11) is 0. The van der Waals surface area contributed by atoms with E-state index in [4.69, 9.17) is 0 Å². The first kappa shape index (κ1) is 16.5. The van der Waals surface area contributed by atoms with Gasteiger partial charge >= 0.3 is 0 Å². The van der Waals surface area contributed by atoms with E-state index in [1.807, 2.05) is 12.4 Å². The summed E-state index contributed by atoms with van der Waals surface area (Å²) in [5.74, 6) is 1.73. The van der Waals surface area contributed by atoms with Crippen molar-refractivity contribution in [2.45, 2.75) is 38.6 Å². The molecule has 2 aromatic heterocycles. The fourth-order valence-corrected chi connectivity index (χ4v) is 4.08. The summed E-state index contributed by atoms with van der Waals surface area (Å²) in [5.41, 5.74) is 2.49. The van der Waals surface area contributed by atoms with Crippen molar-refractivity contribution in [1.82, 2.24) is 20.1 Å². The molecule has 132 valence electrons. The molecule has 2 fully saturated rings. The minimum atomic E-state index is 0.683. The molecule has 0 aliphatic carbocycles. The van der Waals surface area contributed by atoms with Gasteiger partial charge in [-0.05, 0) is 74.4 Å². The van der Waals surface area contributed by atoms with Crippen LogP contribution in [0.1, 0.15) is 36.9 Å². The Labute approximate surface area is 150 Å². The van der Waals surface area contributed by atoms with Gasteiger partial charge in [-0.15, -0.1) is 5.10 Å². The second kappa shape index (κ2) is 7.91. The third-order valence-corrected chi connectivity index (χ3v) is 5.39. The van der Waals surface area contributed by atoms with Gasteiger partial charge in [-0.25, -0.2) is 0 Å². The normalized spacial score (nSPS) is 21.6. The van der Waals surface area contributed by atoms with Crippen molar-refractivity contribution in [3.63, 3.8) is 0 Å². The summed E-state index contributed by atoms with van der Waals surface area (Å²) in [6, 6.07) is 8.58. The maximum atomic E-state index is 4.51. The Hall–Kier alpha value is -2.01. The lowest BCUT2D eigenvalue weighted by atomic mass is 9.93. The van der Waals surface area contributed by atoms with Crippen LogP contribution in [0.3, 0.4) is 0 Å². The van der Waals surface area contributed by atoms with E-state index >= 15 is 0 Å². The van der Waals surface area contributed by atoms with E-state index in [1.54, 1.807) is 0 Å². The zero-order valence-electron chi connectivity index (χ0n) is 14.8. The highest BCUT2D eigenvalue weighted by Crippen LogP contribution is 2.22. The Bertz CT molecular complexity index is 652. The lowest BCUT2D eigenvalue weighted by Gasteiger charge is -2.32. The Morgan fingerprint density at radius 2 is 1.76 bits per heavy atom. The van der Waals surface area contributed by atoms with Crippen LogP contribution in [-0.2, 0) is 13.0 Å². The molecule has 0 radical (unpaired) electrons. The molecule has 4 heterocycles. The van der Waals surface area contributed by atoms with Crippen molar-refractivity contribution in [2.75, 3.05) is 31.1 Å². The summed E-state index contributed by atoms with van der Waals surface area (Å²) in [6.45, 7) is 5.62. The zero-order valence-corrected chi connectivity index (χ0v) is 14.8. The van der Waals surface area contributed by atoms with E-state index in [9.17, 15) is 0 Å². The van der Waals surface area contributed by atoms with Crippen molar-refractivity contribution in [2.24, 2.45) is 5.92 Å². The maximum Gasteiger partial charge on any atom is 0.151 e. The number of piperidine rings is 1. The topological polar surface area (TPSA) is 45.2 Å². The van der Waals surface area contributed by atoms with Gasteiger partial charge < -0.3 is 4.90 Å². The first-order chi connectivity index (χ1) is 12.4. The lowest BCUT2D eigenvalue weighted by molar-refractivity contribution is 0.166. The number of pyridine rings is 1. The molecular weight excluding hydrogens is 310 g/mol. The Kier molecular flexibility index (Phi) is 5.21. The highest BCUT2D eigenvalue weighted by Gasteiger charge is 2.21. The molecule has 0 saturated carbocycles. The van der Waals surface area contributed by atoms with E-state index in [0.29, 0.717) is 5.92 Å². The molecule has 0 spiro atoms. The second-order valence-electron chi connectivity index (χ2n) is 7.38. The van der Waals surface area contributed by atoms with Gasteiger partial charge in [-0.3, -0.25) is 9.88 Å². The Morgan fingerprint density at radius 1 is 0.920 bits per heavy atom. The molecular formula is C20H27N5. The quantitative estimate of drug-likeness (QED) is 0.839. The molecule has 1 atom stereocenters. The van der Waals surface area contributed by atoms with E-state index in [2.05, 4.69) is 49.2 Å². The first-order valence-corrected chi connectivity index (χ1v) is 9.55. The molecule has 5 nitrogen and oxygen atoms in total. The summed E-state index contributed by atoms with van der Waals surface area (Å²) < 4.78 is 0. The van der Waals surface area contributed by atoms with Crippen LogP contribution in [0.25, 0.3) is 0 Å². The Morgan fingerprint density at radius 3 is 2.52 bits per heavy atom. The van der Waals surface area contributed by atoms with Crippen LogP contribution in [-0.4, -0.2) is 46.3 Å². The number of rotatable bonds is 5. The van der Waals surface area contributed by atoms with Gasteiger partial charge in [-0.2, -0.15) is 5.10 Å². The molecule has 0 bridgehead atoms. The predicted molar refractivity (Wildman–Crippen MR) is 99.4 cm³/mol. The molecule has 25 heavy (non-hydrogen) atoms. The average Bonchev–Trinajstić information content (AvgIpc) is 3.18. The molecule has 5 heteroatoms. The number of nitrogens with zero attached hydrogens (tertiary/aromatic N) is 5. The highest BCUT2D eigenvalue weighted by atomic mass is 15.3. The average molecular weight is 337 g/mol. The SMILES string of the molecule is c1cc(CN2CCCC(Cc3ccc(N4CCCC4)nn3)C2)ccn1. The molecule has 0 aromatic carbocycles. The van der Waals surface area contributed by atoms with Crippen LogP contribution in [0.15, 0.2) is 36.7 Å². The van der Waals surface area contributed by atoms with Crippen LogP contribution in [0.4, 0.5) is 5.82 Å². The zero-order chi connectivity index (χ0) is 16.9. The van der Waals surface area contributed by atoms with E-state index in [0.717, 1.165) is 44.1 Å². The van der Waals surface area contributed by atoms with Crippen molar-refractivity contribution >= 4 is 5.82 Å². The monoisotopic (exact) mass is 337 g/mol. The Balaban J connectivity index is 1.32. The molecule has 2 aromatic rings.